The molecule has 1 aliphatic heterocycles. The van der Waals surface area contributed by atoms with Gasteiger partial charge in [0.2, 0.25) is 11.8 Å². The molecule has 1 aliphatic rings. The van der Waals surface area contributed by atoms with E-state index >= 15 is 0 Å². The first kappa shape index (κ1) is 17.4. The van der Waals surface area contributed by atoms with Gasteiger partial charge in [-0.3, -0.25) is 4.79 Å². The highest BCUT2D eigenvalue weighted by Crippen LogP contribution is 2.26. The maximum absolute atomic E-state index is 12.1. The highest BCUT2D eigenvalue weighted by Gasteiger charge is 2.17. The molecule has 1 saturated heterocycles. The van der Waals surface area contributed by atoms with Gasteiger partial charge in [0.1, 0.15) is 5.75 Å². The molecule has 0 bridgehead atoms. The van der Waals surface area contributed by atoms with Crippen molar-refractivity contribution in [1.29, 1.82) is 0 Å². The normalized spacial score (nSPS) is 17.1. The molecule has 0 spiro atoms. The van der Waals surface area contributed by atoms with Crippen molar-refractivity contribution in [3.63, 3.8) is 0 Å². The number of nitrogens with one attached hydrogen (secondary N) is 2. The average Bonchev–Trinajstić information content (AvgIpc) is 2.61. The number of nitrogens with zero attached hydrogens (tertiary/aromatic N) is 1. The summed E-state index contributed by atoms with van der Waals surface area (Å²) in [5, 5.41) is 6.11. The molecule has 1 unspecified atom stereocenters. The predicted molar refractivity (Wildman–Crippen MR) is 96.1 cm³/mol. The van der Waals surface area contributed by atoms with Crippen LogP contribution in [0.4, 0.5) is 5.69 Å². The summed E-state index contributed by atoms with van der Waals surface area (Å²) in [4.78, 5) is 16.3. The highest BCUT2D eigenvalue weighted by atomic mass is 16.5. The zero-order valence-electron chi connectivity index (χ0n) is 14.5. The molecule has 1 fully saturated rings. The number of ether oxygens (including phenoxy) is 2. The number of benzene rings is 1. The topological polar surface area (TPSA) is 72.5 Å². The van der Waals surface area contributed by atoms with E-state index in [1.165, 1.54) is 5.56 Å². The Kier molecular flexibility index (Phi) is 5.63. The number of amides is 1. The molecule has 3 rings (SSSR count). The van der Waals surface area contributed by atoms with Gasteiger partial charge in [-0.05, 0) is 37.1 Å². The average molecular weight is 341 g/mol. The van der Waals surface area contributed by atoms with Gasteiger partial charge in [0.05, 0.1) is 25.1 Å². The molecule has 1 atom stereocenters. The van der Waals surface area contributed by atoms with E-state index in [2.05, 4.69) is 15.6 Å². The maximum Gasteiger partial charge on any atom is 0.226 e. The summed E-state index contributed by atoms with van der Waals surface area (Å²) in [6, 6.07) is 9.51. The maximum atomic E-state index is 12.1. The lowest BCUT2D eigenvalue weighted by Crippen LogP contribution is -2.43. The van der Waals surface area contributed by atoms with Gasteiger partial charge in [0.25, 0.3) is 0 Å². The molecule has 6 heteroatoms. The van der Waals surface area contributed by atoms with Crippen molar-refractivity contribution >= 4 is 11.6 Å². The standard InChI is InChI=1S/C19H23N3O3/c1-13-4-3-5-17(14(13)2)25-19-7-6-15(11-21-19)22-18(23)10-16-12-24-9-8-20-16/h3-7,11,16,20H,8-10,12H2,1-2H3,(H,22,23). The second-order valence-corrected chi connectivity index (χ2v) is 6.16. The summed E-state index contributed by atoms with van der Waals surface area (Å²) in [5.74, 6) is 1.22. The van der Waals surface area contributed by atoms with Crippen LogP contribution in [0.1, 0.15) is 17.5 Å². The van der Waals surface area contributed by atoms with Crippen LogP contribution in [0.5, 0.6) is 11.6 Å². The van der Waals surface area contributed by atoms with Crippen molar-refractivity contribution in [2.24, 2.45) is 0 Å². The van der Waals surface area contributed by atoms with Crippen molar-refractivity contribution in [1.82, 2.24) is 10.3 Å². The number of morpholine rings is 1. The number of rotatable bonds is 5. The molecule has 1 aromatic heterocycles. The second kappa shape index (κ2) is 8.09. The van der Waals surface area contributed by atoms with Gasteiger partial charge in [-0.2, -0.15) is 0 Å². The Bertz CT molecular complexity index is 725. The monoisotopic (exact) mass is 341 g/mol. The molecule has 0 saturated carbocycles. The Hall–Kier alpha value is -2.44. The van der Waals surface area contributed by atoms with E-state index in [4.69, 9.17) is 9.47 Å². The van der Waals surface area contributed by atoms with Crippen LogP contribution in [0, 0.1) is 13.8 Å². The summed E-state index contributed by atoms with van der Waals surface area (Å²) in [6.45, 7) is 6.10. The summed E-state index contributed by atoms with van der Waals surface area (Å²) in [6.07, 6.45) is 1.98. The predicted octanol–water partition coefficient (Wildman–Crippen LogP) is 2.81. The van der Waals surface area contributed by atoms with Crippen molar-refractivity contribution < 1.29 is 14.3 Å². The van der Waals surface area contributed by atoms with E-state index in [-0.39, 0.29) is 11.9 Å². The fraction of sp³-hybridized carbons (Fsp3) is 0.368. The number of aromatic nitrogens is 1. The number of pyridine rings is 1. The van der Waals surface area contributed by atoms with Gasteiger partial charge in [0, 0.05) is 25.1 Å². The van der Waals surface area contributed by atoms with E-state index in [9.17, 15) is 4.79 Å². The van der Waals surface area contributed by atoms with Crippen LogP contribution in [0.15, 0.2) is 36.5 Å². The number of aryl methyl sites for hydroxylation is 1. The van der Waals surface area contributed by atoms with Gasteiger partial charge in [0.15, 0.2) is 0 Å². The molecule has 132 valence electrons. The third-order valence-corrected chi connectivity index (χ3v) is 4.22. The minimum atomic E-state index is -0.0620. The summed E-state index contributed by atoms with van der Waals surface area (Å²) in [5.41, 5.74) is 2.90. The Balaban J connectivity index is 1.56. The molecule has 1 aromatic carbocycles. The number of hydrogen-bond acceptors (Lipinski definition) is 5. The van der Waals surface area contributed by atoms with Crippen LogP contribution < -0.4 is 15.4 Å². The first-order valence-corrected chi connectivity index (χ1v) is 8.43. The molecule has 25 heavy (non-hydrogen) atoms. The summed E-state index contributed by atoms with van der Waals surface area (Å²) >= 11 is 0. The molecule has 1 amide bonds. The Labute approximate surface area is 147 Å². The number of carbonyl (C=O) groups excluding carboxylic acids is 1. The van der Waals surface area contributed by atoms with Gasteiger partial charge in [-0.1, -0.05) is 12.1 Å². The third-order valence-electron chi connectivity index (χ3n) is 4.22. The first-order valence-electron chi connectivity index (χ1n) is 8.43. The van der Waals surface area contributed by atoms with Crippen molar-refractivity contribution in [3.8, 4) is 11.6 Å². The Morgan fingerprint density at radius 3 is 2.96 bits per heavy atom. The van der Waals surface area contributed by atoms with E-state index in [0.717, 1.165) is 17.9 Å². The van der Waals surface area contributed by atoms with E-state index in [0.29, 0.717) is 31.2 Å². The second-order valence-electron chi connectivity index (χ2n) is 6.16. The Morgan fingerprint density at radius 2 is 2.24 bits per heavy atom. The van der Waals surface area contributed by atoms with Crippen molar-refractivity contribution in [2.75, 3.05) is 25.1 Å². The van der Waals surface area contributed by atoms with Crippen LogP contribution in [0.25, 0.3) is 0 Å². The smallest absolute Gasteiger partial charge is 0.226 e. The van der Waals surface area contributed by atoms with Crippen LogP contribution in [0.2, 0.25) is 0 Å². The third kappa shape index (κ3) is 4.78. The summed E-state index contributed by atoms with van der Waals surface area (Å²) in [7, 11) is 0. The minimum absolute atomic E-state index is 0.0620. The van der Waals surface area contributed by atoms with Gasteiger partial charge in [-0.15, -0.1) is 0 Å². The lowest BCUT2D eigenvalue weighted by atomic mass is 10.1. The van der Waals surface area contributed by atoms with E-state index in [1.54, 1.807) is 18.3 Å². The molecule has 2 heterocycles. The highest BCUT2D eigenvalue weighted by molar-refractivity contribution is 5.90. The van der Waals surface area contributed by atoms with Gasteiger partial charge in [-0.25, -0.2) is 4.98 Å². The van der Waals surface area contributed by atoms with Crippen LogP contribution in [-0.4, -0.2) is 36.7 Å². The first-order chi connectivity index (χ1) is 12.1. The number of carbonyl (C=O) groups is 1. The van der Waals surface area contributed by atoms with Crippen LogP contribution in [0.3, 0.4) is 0 Å². The molecular formula is C19H23N3O3. The van der Waals surface area contributed by atoms with Gasteiger partial charge < -0.3 is 20.1 Å². The van der Waals surface area contributed by atoms with Crippen molar-refractivity contribution in [2.45, 2.75) is 26.3 Å². The van der Waals surface area contributed by atoms with E-state index in [1.807, 2.05) is 32.0 Å². The molecular weight excluding hydrogens is 318 g/mol. The van der Waals surface area contributed by atoms with Crippen LogP contribution in [-0.2, 0) is 9.53 Å². The fourth-order valence-corrected chi connectivity index (χ4v) is 2.65. The lowest BCUT2D eigenvalue weighted by Gasteiger charge is -2.23. The molecule has 0 radical (unpaired) electrons. The largest absolute Gasteiger partial charge is 0.439 e. The zero-order valence-corrected chi connectivity index (χ0v) is 14.5. The lowest BCUT2D eigenvalue weighted by molar-refractivity contribution is -0.117. The quantitative estimate of drug-likeness (QED) is 0.875. The van der Waals surface area contributed by atoms with Crippen molar-refractivity contribution in [3.05, 3.63) is 47.7 Å². The molecule has 0 aliphatic carbocycles. The molecule has 2 aromatic rings. The SMILES string of the molecule is Cc1cccc(Oc2ccc(NC(=O)CC3COCCN3)cn2)c1C. The summed E-state index contributed by atoms with van der Waals surface area (Å²) < 4.78 is 11.2. The van der Waals surface area contributed by atoms with Gasteiger partial charge >= 0.3 is 0 Å². The molecule has 6 nitrogen and oxygen atoms in total. The zero-order chi connectivity index (χ0) is 17.6. The van der Waals surface area contributed by atoms with E-state index < -0.39 is 0 Å². The van der Waals surface area contributed by atoms with Crippen LogP contribution >= 0.6 is 0 Å². The Morgan fingerprint density at radius 1 is 1.36 bits per heavy atom. The fourth-order valence-electron chi connectivity index (χ4n) is 2.65. The number of anilines is 1. The minimum Gasteiger partial charge on any atom is -0.439 e. The molecule has 2 N–H and O–H groups in total. The number of hydrogen-bond donors (Lipinski definition) is 2.